The SMILES string of the molecule is CCNC(=NCc1ccc(C)cc1OC1CCOC1)NCC1(O)CCc2ccccc21. The molecule has 2 atom stereocenters. The van der Waals surface area contributed by atoms with Crippen LogP contribution in [0.2, 0.25) is 0 Å². The Labute approximate surface area is 184 Å². The third-order valence-corrected chi connectivity index (χ3v) is 6.03. The highest BCUT2D eigenvalue weighted by Gasteiger charge is 2.36. The Morgan fingerprint density at radius 1 is 1.26 bits per heavy atom. The van der Waals surface area contributed by atoms with E-state index in [1.165, 1.54) is 5.56 Å². The van der Waals surface area contributed by atoms with Gasteiger partial charge in [-0.05, 0) is 49.4 Å². The van der Waals surface area contributed by atoms with Crippen LogP contribution in [0.1, 0.15) is 42.0 Å². The normalized spacial score (nSPS) is 22.9. The number of aliphatic hydroxyl groups is 1. The lowest BCUT2D eigenvalue weighted by molar-refractivity contribution is 0.0432. The quantitative estimate of drug-likeness (QED) is 0.471. The second kappa shape index (κ2) is 9.71. The average Bonchev–Trinajstić information content (AvgIpc) is 3.40. The highest BCUT2D eigenvalue weighted by Crippen LogP contribution is 2.36. The van der Waals surface area contributed by atoms with E-state index in [9.17, 15) is 5.11 Å². The van der Waals surface area contributed by atoms with Gasteiger partial charge in [-0.2, -0.15) is 0 Å². The summed E-state index contributed by atoms with van der Waals surface area (Å²) in [5.41, 5.74) is 3.58. The van der Waals surface area contributed by atoms with Gasteiger partial charge >= 0.3 is 0 Å². The van der Waals surface area contributed by atoms with Crippen molar-refractivity contribution in [3.8, 4) is 5.75 Å². The van der Waals surface area contributed by atoms with Crippen molar-refractivity contribution < 1.29 is 14.6 Å². The topological polar surface area (TPSA) is 75.1 Å². The molecule has 0 bridgehead atoms. The zero-order valence-corrected chi connectivity index (χ0v) is 18.5. The van der Waals surface area contributed by atoms with Gasteiger partial charge in [-0.25, -0.2) is 4.99 Å². The van der Waals surface area contributed by atoms with Gasteiger partial charge in [-0.3, -0.25) is 0 Å². The van der Waals surface area contributed by atoms with E-state index in [-0.39, 0.29) is 6.10 Å². The summed E-state index contributed by atoms with van der Waals surface area (Å²) in [6, 6.07) is 14.4. The summed E-state index contributed by atoms with van der Waals surface area (Å²) in [4.78, 5) is 4.77. The molecule has 2 unspecified atom stereocenters. The van der Waals surface area contributed by atoms with E-state index in [2.05, 4.69) is 41.8 Å². The van der Waals surface area contributed by atoms with Crippen molar-refractivity contribution in [1.82, 2.24) is 10.6 Å². The van der Waals surface area contributed by atoms with Crippen LogP contribution in [0, 0.1) is 6.92 Å². The number of aryl methyl sites for hydroxylation is 2. The van der Waals surface area contributed by atoms with E-state index in [0.717, 1.165) is 54.9 Å². The molecule has 2 aromatic rings. The molecule has 2 aliphatic rings. The first-order chi connectivity index (χ1) is 15.1. The van der Waals surface area contributed by atoms with Gasteiger partial charge in [-0.1, -0.05) is 36.4 Å². The summed E-state index contributed by atoms with van der Waals surface area (Å²) in [7, 11) is 0. The standard InChI is InChI=1S/C25H33N3O3/c1-3-26-24(28-17-25(29)12-10-19-6-4-5-7-22(19)25)27-15-20-9-8-18(2)14-23(20)31-21-11-13-30-16-21/h4-9,14,21,29H,3,10-13,15-17H2,1-2H3,(H2,26,27,28). The zero-order chi connectivity index (χ0) is 21.7. The van der Waals surface area contributed by atoms with Crippen LogP contribution in [-0.4, -0.2) is 43.5 Å². The van der Waals surface area contributed by atoms with Gasteiger partial charge in [0.15, 0.2) is 5.96 Å². The monoisotopic (exact) mass is 423 g/mol. The van der Waals surface area contributed by atoms with Crippen molar-refractivity contribution in [3.63, 3.8) is 0 Å². The molecule has 0 aromatic heterocycles. The van der Waals surface area contributed by atoms with Crippen LogP contribution in [0.3, 0.4) is 0 Å². The molecule has 0 spiro atoms. The van der Waals surface area contributed by atoms with E-state index < -0.39 is 5.60 Å². The van der Waals surface area contributed by atoms with E-state index in [1.54, 1.807) is 0 Å². The van der Waals surface area contributed by atoms with Crippen molar-refractivity contribution in [1.29, 1.82) is 0 Å². The molecule has 0 radical (unpaired) electrons. The molecule has 1 aliphatic heterocycles. The molecule has 3 N–H and O–H groups in total. The van der Waals surface area contributed by atoms with E-state index in [0.29, 0.717) is 25.7 Å². The summed E-state index contributed by atoms with van der Waals surface area (Å²) < 4.78 is 11.6. The van der Waals surface area contributed by atoms with Crippen molar-refractivity contribution >= 4 is 5.96 Å². The molecule has 6 nitrogen and oxygen atoms in total. The molecular weight excluding hydrogens is 390 g/mol. The molecule has 1 heterocycles. The van der Waals surface area contributed by atoms with Gasteiger partial charge in [0.2, 0.25) is 0 Å². The average molecular weight is 424 g/mol. The predicted octanol–water partition coefficient (Wildman–Crippen LogP) is 3.05. The Morgan fingerprint density at radius 3 is 2.94 bits per heavy atom. The lowest BCUT2D eigenvalue weighted by Gasteiger charge is -2.25. The second-order valence-corrected chi connectivity index (χ2v) is 8.45. The Kier molecular flexibility index (Phi) is 6.78. The first-order valence-electron chi connectivity index (χ1n) is 11.2. The Hall–Kier alpha value is -2.57. The number of rotatable bonds is 7. The maximum atomic E-state index is 11.2. The minimum Gasteiger partial charge on any atom is -0.488 e. The molecule has 2 aromatic carbocycles. The smallest absolute Gasteiger partial charge is 0.191 e. The summed E-state index contributed by atoms with van der Waals surface area (Å²) in [5, 5.41) is 17.8. The zero-order valence-electron chi connectivity index (χ0n) is 18.5. The van der Waals surface area contributed by atoms with Gasteiger partial charge in [0.1, 0.15) is 17.5 Å². The fourth-order valence-electron chi connectivity index (χ4n) is 4.28. The number of guanidine groups is 1. The van der Waals surface area contributed by atoms with E-state index in [1.807, 2.05) is 25.1 Å². The van der Waals surface area contributed by atoms with Gasteiger partial charge < -0.3 is 25.2 Å². The summed E-state index contributed by atoms with van der Waals surface area (Å²) >= 11 is 0. The van der Waals surface area contributed by atoms with Gasteiger partial charge in [0, 0.05) is 18.5 Å². The van der Waals surface area contributed by atoms with Crippen molar-refractivity contribution in [2.75, 3.05) is 26.3 Å². The summed E-state index contributed by atoms with van der Waals surface area (Å²) in [6.07, 6.45) is 2.64. The van der Waals surface area contributed by atoms with E-state index >= 15 is 0 Å². The van der Waals surface area contributed by atoms with Crippen molar-refractivity contribution in [3.05, 3.63) is 64.7 Å². The van der Waals surface area contributed by atoms with Gasteiger partial charge in [-0.15, -0.1) is 0 Å². The molecule has 4 rings (SSSR count). The van der Waals surface area contributed by atoms with Crippen LogP contribution in [0.25, 0.3) is 0 Å². The molecular formula is C25H33N3O3. The Morgan fingerprint density at radius 2 is 2.13 bits per heavy atom. The van der Waals surface area contributed by atoms with Crippen LogP contribution in [-0.2, 0) is 23.3 Å². The first kappa shape index (κ1) is 21.7. The molecule has 31 heavy (non-hydrogen) atoms. The molecule has 0 saturated carbocycles. The Balaban J connectivity index is 1.45. The number of aliphatic imine (C=N–C) groups is 1. The minimum absolute atomic E-state index is 0.104. The lowest BCUT2D eigenvalue weighted by atomic mass is 9.96. The van der Waals surface area contributed by atoms with E-state index in [4.69, 9.17) is 14.5 Å². The number of fused-ring (bicyclic) bond motifs is 1. The van der Waals surface area contributed by atoms with Gasteiger partial charge in [0.05, 0.1) is 26.3 Å². The van der Waals surface area contributed by atoms with Crippen LogP contribution in [0.5, 0.6) is 5.75 Å². The maximum absolute atomic E-state index is 11.2. The van der Waals surface area contributed by atoms with Crippen LogP contribution in [0.15, 0.2) is 47.5 Å². The summed E-state index contributed by atoms with van der Waals surface area (Å²) in [5.74, 6) is 1.56. The van der Waals surface area contributed by atoms with Crippen LogP contribution < -0.4 is 15.4 Å². The van der Waals surface area contributed by atoms with Gasteiger partial charge in [0.25, 0.3) is 0 Å². The maximum Gasteiger partial charge on any atom is 0.191 e. The number of nitrogens with one attached hydrogen (secondary N) is 2. The lowest BCUT2D eigenvalue weighted by Crippen LogP contribution is -2.45. The fraction of sp³-hybridized carbons (Fsp3) is 0.480. The second-order valence-electron chi connectivity index (χ2n) is 8.45. The van der Waals surface area contributed by atoms with Crippen LogP contribution >= 0.6 is 0 Å². The third kappa shape index (κ3) is 5.20. The molecule has 6 heteroatoms. The highest BCUT2D eigenvalue weighted by atomic mass is 16.5. The fourth-order valence-corrected chi connectivity index (χ4v) is 4.28. The van der Waals surface area contributed by atoms with Crippen molar-refractivity contribution in [2.45, 2.75) is 51.4 Å². The Bertz CT molecular complexity index is 924. The number of nitrogens with zero attached hydrogens (tertiary/aromatic N) is 1. The van der Waals surface area contributed by atoms with Crippen molar-refractivity contribution in [2.24, 2.45) is 4.99 Å². The molecule has 166 valence electrons. The molecule has 0 amide bonds. The number of hydrogen-bond donors (Lipinski definition) is 3. The number of benzene rings is 2. The highest BCUT2D eigenvalue weighted by molar-refractivity contribution is 5.80. The number of ether oxygens (including phenoxy) is 2. The molecule has 1 fully saturated rings. The predicted molar refractivity (Wildman–Crippen MR) is 123 cm³/mol. The number of hydrogen-bond acceptors (Lipinski definition) is 4. The first-order valence-corrected chi connectivity index (χ1v) is 11.2. The third-order valence-electron chi connectivity index (χ3n) is 6.03. The largest absolute Gasteiger partial charge is 0.488 e. The summed E-state index contributed by atoms with van der Waals surface area (Å²) in [6.45, 7) is 7.16. The van der Waals surface area contributed by atoms with Crippen LogP contribution in [0.4, 0.5) is 0 Å². The minimum atomic E-state index is -0.868. The molecule has 1 saturated heterocycles. The molecule has 1 aliphatic carbocycles.